The molecule has 5 nitrogen and oxygen atoms in total. The number of nitrogens with zero attached hydrogens (tertiary/aromatic N) is 1. The lowest BCUT2D eigenvalue weighted by atomic mass is 10.1. The van der Waals surface area contributed by atoms with Gasteiger partial charge in [0.25, 0.3) is 5.91 Å². The van der Waals surface area contributed by atoms with Crippen molar-refractivity contribution in [3.63, 3.8) is 0 Å². The topological polar surface area (TPSA) is 82.3 Å². The minimum absolute atomic E-state index is 0.0950. The second kappa shape index (κ2) is 7.86. The van der Waals surface area contributed by atoms with Crippen molar-refractivity contribution < 1.29 is 14.6 Å². The molecule has 2 rings (SSSR count). The Kier molecular flexibility index (Phi) is 5.85. The van der Waals surface area contributed by atoms with Gasteiger partial charge in [-0.3, -0.25) is 4.79 Å². The molecule has 0 spiro atoms. The highest BCUT2D eigenvalue weighted by Crippen LogP contribution is 2.33. The summed E-state index contributed by atoms with van der Waals surface area (Å²) in [5.41, 5.74) is 0.869. The fraction of sp³-hybridized carbons (Fsp3) is 0.0588. The summed E-state index contributed by atoms with van der Waals surface area (Å²) in [7, 11) is 1.43. The molecule has 2 N–H and O–H groups in total. The molecule has 0 aliphatic rings. The normalized spacial score (nSPS) is 10.8. The number of ether oxygens (including phenoxy) is 1. The van der Waals surface area contributed by atoms with Crippen molar-refractivity contribution >= 4 is 45.2 Å². The largest absolute Gasteiger partial charge is 0.504 e. The molecule has 2 aromatic rings. The number of hydrogen-bond donors (Lipinski definition) is 2. The number of carbonyl (C=O) groups excluding carboxylic acids is 1. The number of phenols is 1. The summed E-state index contributed by atoms with van der Waals surface area (Å²) >= 11 is 9.10. The Morgan fingerprint density at radius 3 is 2.62 bits per heavy atom. The van der Waals surface area contributed by atoms with E-state index in [1.54, 1.807) is 30.3 Å². The number of carbonyl (C=O) groups is 1. The zero-order chi connectivity index (χ0) is 17.7. The Morgan fingerprint density at radius 2 is 2.04 bits per heavy atom. The van der Waals surface area contributed by atoms with Crippen LogP contribution in [0.3, 0.4) is 0 Å². The van der Waals surface area contributed by atoms with Crippen LogP contribution in [0.5, 0.6) is 11.5 Å². The fourth-order valence-corrected chi connectivity index (χ4v) is 2.43. The van der Waals surface area contributed by atoms with Crippen molar-refractivity contribution in [3.8, 4) is 17.6 Å². The van der Waals surface area contributed by atoms with E-state index in [9.17, 15) is 15.2 Å². The molecule has 2 aromatic carbocycles. The van der Waals surface area contributed by atoms with Crippen LogP contribution < -0.4 is 10.1 Å². The van der Waals surface area contributed by atoms with E-state index in [4.69, 9.17) is 16.3 Å². The van der Waals surface area contributed by atoms with Crippen LogP contribution in [0.25, 0.3) is 6.08 Å². The first-order chi connectivity index (χ1) is 11.4. The average molecular weight is 408 g/mol. The molecule has 24 heavy (non-hydrogen) atoms. The molecule has 0 bridgehead atoms. The Balaban J connectivity index is 2.29. The smallest absolute Gasteiger partial charge is 0.266 e. The molecule has 0 saturated carbocycles. The highest BCUT2D eigenvalue weighted by molar-refractivity contribution is 9.10. The first kappa shape index (κ1) is 17.9. The second-order valence-corrected chi connectivity index (χ2v) is 5.97. The number of anilines is 1. The maximum atomic E-state index is 12.2. The van der Waals surface area contributed by atoms with E-state index >= 15 is 0 Å². The molecular weight excluding hydrogens is 396 g/mol. The summed E-state index contributed by atoms with van der Waals surface area (Å²) < 4.78 is 5.57. The molecule has 0 heterocycles. The van der Waals surface area contributed by atoms with Crippen molar-refractivity contribution in [2.24, 2.45) is 0 Å². The molecule has 0 unspecified atom stereocenters. The zero-order valence-corrected chi connectivity index (χ0v) is 14.9. The molecule has 0 atom stereocenters. The Labute approximate surface area is 152 Å². The van der Waals surface area contributed by atoms with Crippen LogP contribution in [-0.4, -0.2) is 18.1 Å². The van der Waals surface area contributed by atoms with Gasteiger partial charge in [-0.2, -0.15) is 5.26 Å². The van der Waals surface area contributed by atoms with Crippen LogP contribution in [0.2, 0.25) is 5.02 Å². The highest BCUT2D eigenvalue weighted by atomic mass is 79.9. The van der Waals surface area contributed by atoms with Crippen molar-refractivity contribution in [2.45, 2.75) is 0 Å². The molecule has 7 heteroatoms. The minimum Gasteiger partial charge on any atom is -0.504 e. The predicted octanol–water partition coefficient (Wildman–Crippen LogP) is 4.36. The van der Waals surface area contributed by atoms with Crippen molar-refractivity contribution in [2.75, 3.05) is 12.4 Å². The van der Waals surface area contributed by atoms with Gasteiger partial charge in [-0.15, -0.1) is 0 Å². The van der Waals surface area contributed by atoms with Gasteiger partial charge in [0.15, 0.2) is 11.5 Å². The van der Waals surface area contributed by atoms with E-state index in [1.807, 2.05) is 6.07 Å². The van der Waals surface area contributed by atoms with Gasteiger partial charge in [0, 0.05) is 15.2 Å². The quantitative estimate of drug-likeness (QED) is 0.583. The van der Waals surface area contributed by atoms with E-state index in [-0.39, 0.29) is 17.1 Å². The summed E-state index contributed by atoms with van der Waals surface area (Å²) in [6, 6.07) is 11.3. The molecule has 0 fully saturated rings. The van der Waals surface area contributed by atoms with Gasteiger partial charge in [-0.05, 0) is 48.0 Å². The van der Waals surface area contributed by atoms with Crippen molar-refractivity contribution in [3.05, 3.63) is 57.0 Å². The molecule has 0 aliphatic carbocycles. The lowest BCUT2D eigenvalue weighted by molar-refractivity contribution is -0.112. The number of nitrogens with one attached hydrogen (secondary N) is 1. The summed E-state index contributed by atoms with van der Waals surface area (Å²) in [5, 5.41) is 22.2. The number of aromatic hydroxyl groups is 1. The molecule has 0 saturated heterocycles. The number of hydrogen-bond acceptors (Lipinski definition) is 4. The van der Waals surface area contributed by atoms with Gasteiger partial charge in [0.2, 0.25) is 0 Å². The predicted molar refractivity (Wildman–Crippen MR) is 96.0 cm³/mol. The lowest BCUT2D eigenvalue weighted by Crippen LogP contribution is -2.13. The van der Waals surface area contributed by atoms with E-state index in [1.165, 1.54) is 19.3 Å². The van der Waals surface area contributed by atoms with Crippen LogP contribution >= 0.6 is 27.5 Å². The Morgan fingerprint density at radius 1 is 1.38 bits per heavy atom. The van der Waals surface area contributed by atoms with Crippen LogP contribution in [0, 0.1) is 11.3 Å². The molecule has 0 aliphatic heterocycles. The first-order valence-corrected chi connectivity index (χ1v) is 7.87. The standard InChI is InChI=1S/C17H12BrClN2O3/c1-24-16-8-14(18)10(7-15(16)22)6-11(9-20)17(23)21-13-4-2-12(19)3-5-13/h2-8,22H,1H3,(H,21,23)/b11-6-. The van der Waals surface area contributed by atoms with Crippen molar-refractivity contribution in [1.82, 2.24) is 0 Å². The van der Waals surface area contributed by atoms with Crippen molar-refractivity contribution in [1.29, 1.82) is 5.26 Å². The third kappa shape index (κ3) is 4.28. The summed E-state index contributed by atoms with van der Waals surface area (Å²) in [5.74, 6) is -0.382. The maximum absolute atomic E-state index is 12.2. The highest BCUT2D eigenvalue weighted by Gasteiger charge is 2.12. The number of nitriles is 1. The van der Waals surface area contributed by atoms with Crippen LogP contribution in [0.15, 0.2) is 46.4 Å². The molecule has 0 aromatic heterocycles. The summed E-state index contributed by atoms with van der Waals surface area (Å²) in [6.07, 6.45) is 1.37. The van der Waals surface area contributed by atoms with E-state index < -0.39 is 5.91 Å². The van der Waals surface area contributed by atoms with Gasteiger partial charge in [0.1, 0.15) is 11.6 Å². The molecular formula is C17H12BrClN2O3. The third-order valence-electron chi connectivity index (χ3n) is 3.07. The minimum atomic E-state index is -0.568. The van der Waals surface area contributed by atoms with E-state index in [2.05, 4.69) is 21.2 Å². The van der Waals surface area contributed by atoms with Crippen LogP contribution in [-0.2, 0) is 4.79 Å². The van der Waals surface area contributed by atoms with E-state index in [0.29, 0.717) is 20.7 Å². The Bertz CT molecular complexity index is 842. The number of halogens is 2. The number of phenolic OH excluding ortho intramolecular Hbond substituents is 1. The number of benzene rings is 2. The van der Waals surface area contributed by atoms with Gasteiger partial charge in [0.05, 0.1) is 7.11 Å². The summed E-state index contributed by atoms with van der Waals surface area (Å²) in [6.45, 7) is 0. The third-order valence-corrected chi connectivity index (χ3v) is 4.00. The lowest BCUT2D eigenvalue weighted by Gasteiger charge is -2.08. The molecule has 122 valence electrons. The van der Waals surface area contributed by atoms with Gasteiger partial charge in [-0.25, -0.2) is 0 Å². The maximum Gasteiger partial charge on any atom is 0.266 e. The second-order valence-electron chi connectivity index (χ2n) is 4.68. The number of amides is 1. The zero-order valence-electron chi connectivity index (χ0n) is 12.5. The SMILES string of the molecule is COc1cc(Br)c(/C=C(/C#N)C(=O)Nc2ccc(Cl)cc2)cc1O. The summed E-state index contributed by atoms with van der Waals surface area (Å²) in [4.78, 5) is 12.2. The van der Waals surface area contributed by atoms with Crippen LogP contribution in [0.1, 0.15) is 5.56 Å². The number of rotatable bonds is 4. The van der Waals surface area contributed by atoms with E-state index in [0.717, 1.165) is 0 Å². The first-order valence-electron chi connectivity index (χ1n) is 6.70. The van der Waals surface area contributed by atoms with Crippen LogP contribution in [0.4, 0.5) is 5.69 Å². The fourth-order valence-electron chi connectivity index (χ4n) is 1.87. The molecule has 1 amide bonds. The van der Waals surface area contributed by atoms with Gasteiger partial charge < -0.3 is 15.2 Å². The van der Waals surface area contributed by atoms with Gasteiger partial charge >= 0.3 is 0 Å². The Hall–Kier alpha value is -2.49. The average Bonchev–Trinajstić information content (AvgIpc) is 2.57. The number of methoxy groups -OCH3 is 1. The van der Waals surface area contributed by atoms with Gasteiger partial charge in [-0.1, -0.05) is 27.5 Å². The molecule has 0 radical (unpaired) electrons. The monoisotopic (exact) mass is 406 g/mol.